The summed E-state index contributed by atoms with van der Waals surface area (Å²) in [4.78, 5) is -0.672. The first-order valence-electron chi connectivity index (χ1n) is 8.81. The van der Waals surface area contributed by atoms with Gasteiger partial charge in [-0.2, -0.15) is 13.2 Å². The van der Waals surface area contributed by atoms with Gasteiger partial charge in [-0.25, -0.2) is 21.2 Å². The van der Waals surface area contributed by atoms with Crippen LogP contribution in [0.25, 0.3) is 11.3 Å². The van der Waals surface area contributed by atoms with E-state index in [2.05, 4.69) is 5.32 Å². The molecule has 1 heterocycles. The van der Waals surface area contributed by atoms with Crippen molar-refractivity contribution in [1.29, 1.82) is 0 Å². The van der Waals surface area contributed by atoms with Gasteiger partial charge < -0.3 is 10.1 Å². The van der Waals surface area contributed by atoms with Crippen LogP contribution in [0.4, 0.5) is 22.0 Å². The molecule has 5 nitrogen and oxygen atoms in total. The van der Waals surface area contributed by atoms with Crippen molar-refractivity contribution in [2.24, 2.45) is 0 Å². The number of hydrogen-bond acceptors (Lipinski definition) is 4. The Morgan fingerprint density at radius 1 is 1.09 bits per heavy atom. The molecule has 1 aromatic heterocycles. The van der Waals surface area contributed by atoms with Gasteiger partial charge in [0.25, 0.3) is 10.0 Å². The molecule has 0 bridgehead atoms. The fourth-order valence-corrected chi connectivity index (χ4v) is 4.56. The lowest BCUT2D eigenvalue weighted by atomic mass is 10.1. The van der Waals surface area contributed by atoms with Gasteiger partial charge in [0.1, 0.15) is 23.1 Å². The summed E-state index contributed by atoms with van der Waals surface area (Å²) < 4.78 is 100. The average molecular weight is 497 g/mol. The largest absolute Gasteiger partial charge is 0.494 e. The molecule has 0 aliphatic rings. The molecule has 174 valence electrons. The zero-order valence-electron chi connectivity index (χ0n) is 16.7. The van der Waals surface area contributed by atoms with Crippen molar-refractivity contribution >= 4 is 22.4 Å². The maximum atomic E-state index is 14.6. The third-order valence-electron chi connectivity index (χ3n) is 4.47. The van der Waals surface area contributed by atoms with Crippen molar-refractivity contribution < 1.29 is 35.1 Å². The summed E-state index contributed by atoms with van der Waals surface area (Å²) >= 11 is 0. The second-order valence-electron chi connectivity index (χ2n) is 6.52. The highest BCUT2D eigenvalue weighted by Gasteiger charge is 2.33. The standard InChI is InChI=1S/C20H17F5N2O3S.ClH/c1-26-10-12-11-27(18(19(12)30-2)16-9-14(21)6-7-17(16)22)31(28,29)15-5-3-4-13(8-15)20(23,24)25;/h3-9,11,26H,10H2,1-2H3;1H. The van der Waals surface area contributed by atoms with Gasteiger partial charge in [0.2, 0.25) is 0 Å². The smallest absolute Gasteiger partial charge is 0.416 e. The predicted molar refractivity (Wildman–Crippen MR) is 110 cm³/mol. The summed E-state index contributed by atoms with van der Waals surface area (Å²) in [5.74, 6) is -1.83. The third kappa shape index (κ3) is 4.74. The van der Waals surface area contributed by atoms with Crippen molar-refractivity contribution in [3.8, 4) is 17.0 Å². The van der Waals surface area contributed by atoms with Crippen LogP contribution in [0.1, 0.15) is 11.1 Å². The van der Waals surface area contributed by atoms with E-state index in [1.807, 2.05) is 0 Å². The predicted octanol–water partition coefficient (Wildman–Crippen LogP) is 4.84. The molecule has 0 saturated carbocycles. The highest BCUT2D eigenvalue weighted by atomic mass is 35.5. The van der Waals surface area contributed by atoms with Crippen molar-refractivity contribution in [2.45, 2.75) is 17.6 Å². The van der Waals surface area contributed by atoms with Crippen LogP contribution in [-0.2, 0) is 22.7 Å². The fraction of sp³-hybridized carbons (Fsp3) is 0.200. The summed E-state index contributed by atoms with van der Waals surface area (Å²) in [7, 11) is -1.85. The van der Waals surface area contributed by atoms with Gasteiger partial charge in [-0.05, 0) is 43.4 Å². The van der Waals surface area contributed by atoms with Gasteiger partial charge in [-0.15, -0.1) is 12.4 Å². The van der Waals surface area contributed by atoms with Gasteiger partial charge in [-0.1, -0.05) is 6.07 Å². The quantitative estimate of drug-likeness (QED) is 0.496. The van der Waals surface area contributed by atoms with E-state index in [4.69, 9.17) is 4.74 Å². The van der Waals surface area contributed by atoms with Gasteiger partial charge in [0.15, 0.2) is 0 Å². The first-order valence-corrected chi connectivity index (χ1v) is 10.3. The van der Waals surface area contributed by atoms with E-state index in [9.17, 15) is 30.4 Å². The number of nitrogens with zero attached hydrogens (tertiary/aromatic N) is 1. The maximum absolute atomic E-state index is 14.6. The first kappa shape index (κ1) is 25.6. The second kappa shape index (κ2) is 9.47. The van der Waals surface area contributed by atoms with Crippen molar-refractivity contribution in [1.82, 2.24) is 9.29 Å². The van der Waals surface area contributed by atoms with Crippen LogP contribution in [0.5, 0.6) is 5.75 Å². The lowest BCUT2D eigenvalue weighted by molar-refractivity contribution is -0.137. The highest BCUT2D eigenvalue weighted by molar-refractivity contribution is 7.90. The Morgan fingerprint density at radius 3 is 2.38 bits per heavy atom. The molecule has 0 aliphatic carbocycles. The molecule has 3 aromatic rings. The molecule has 12 heteroatoms. The number of alkyl halides is 3. The molecular formula is C20H18ClF5N2O3S. The summed E-state index contributed by atoms with van der Waals surface area (Å²) in [5.41, 5.74) is -1.65. The molecule has 0 saturated heterocycles. The first-order chi connectivity index (χ1) is 14.5. The van der Waals surface area contributed by atoms with Gasteiger partial charge in [-0.3, -0.25) is 0 Å². The van der Waals surface area contributed by atoms with Crippen LogP contribution in [0.3, 0.4) is 0 Å². The molecule has 32 heavy (non-hydrogen) atoms. The Morgan fingerprint density at radius 2 is 1.78 bits per heavy atom. The van der Waals surface area contributed by atoms with Gasteiger partial charge in [0, 0.05) is 23.9 Å². The van der Waals surface area contributed by atoms with E-state index >= 15 is 0 Å². The normalized spacial score (nSPS) is 11.8. The zero-order chi connectivity index (χ0) is 23.0. The molecule has 0 atom stereocenters. The minimum absolute atomic E-state index is 0. The molecule has 0 amide bonds. The number of nitrogens with one attached hydrogen (secondary N) is 1. The minimum atomic E-state index is -4.77. The number of aromatic nitrogens is 1. The Balaban J connectivity index is 0.00000363. The molecule has 0 aliphatic heterocycles. The summed E-state index contributed by atoms with van der Waals surface area (Å²) in [6.07, 6.45) is -3.67. The van der Waals surface area contributed by atoms with Crippen LogP contribution < -0.4 is 10.1 Å². The van der Waals surface area contributed by atoms with E-state index in [-0.39, 0.29) is 36.0 Å². The fourth-order valence-electron chi connectivity index (χ4n) is 3.12. The lowest BCUT2D eigenvalue weighted by Crippen LogP contribution is -2.15. The third-order valence-corrected chi connectivity index (χ3v) is 6.13. The van der Waals surface area contributed by atoms with Crippen molar-refractivity contribution in [3.63, 3.8) is 0 Å². The topological polar surface area (TPSA) is 60.3 Å². The Kier molecular flexibility index (Phi) is 7.59. The van der Waals surface area contributed by atoms with Crippen molar-refractivity contribution in [3.05, 3.63) is 71.4 Å². The van der Waals surface area contributed by atoms with Crippen LogP contribution >= 0.6 is 12.4 Å². The number of methoxy groups -OCH3 is 1. The van der Waals surface area contributed by atoms with Crippen LogP contribution in [-0.4, -0.2) is 26.5 Å². The number of benzene rings is 2. The van der Waals surface area contributed by atoms with E-state index in [1.54, 1.807) is 7.05 Å². The average Bonchev–Trinajstić information content (AvgIpc) is 3.08. The Hall–Kier alpha value is -2.63. The minimum Gasteiger partial charge on any atom is -0.494 e. The molecule has 2 aromatic carbocycles. The van der Waals surface area contributed by atoms with Crippen LogP contribution in [0.15, 0.2) is 53.6 Å². The molecule has 0 fully saturated rings. The number of hydrogen-bond donors (Lipinski definition) is 1. The second-order valence-corrected chi connectivity index (χ2v) is 8.33. The highest BCUT2D eigenvalue weighted by Crippen LogP contribution is 2.39. The van der Waals surface area contributed by atoms with Crippen molar-refractivity contribution in [2.75, 3.05) is 14.2 Å². The lowest BCUT2D eigenvalue weighted by Gasteiger charge is -2.14. The molecule has 0 spiro atoms. The number of ether oxygens (including phenoxy) is 1. The number of halogens is 6. The monoisotopic (exact) mass is 496 g/mol. The molecule has 1 N–H and O–H groups in total. The van der Waals surface area contributed by atoms with E-state index in [1.165, 1.54) is 7.11 Å². The molecule has 3 rings (SSSR count). The van der Waals surface area contributed by atoms with Gasteiger partial charge in [0.05, 0.1) is 17.6 Å². The van der Waals surface area contributed by atoms with Crippen LogP contribution in [0.2, 0.25) is 0 Å². The molecule has 0 radical (unpaired) electrons. The van der Waals surface area contributed by atoms with E-state index < -0.39 is 43.9 Å². The molecular weight excluding hydrogens is 479 g/mol. The van der Waals surface area contributed by atoms with E-state index in [0.717, 1.165) is 42.6 Å². The number of rotatable bonds is 6. The van der Waals surface area contributed by atoms with Crippen LogP contribution in [0, 0.1) is 11.6 Å². The Labute approximate surface area is 187 Å². The summed E-state index contributed by atoms with van der Waals surface area (Å²) in [5, 5.41) is 2.79. The van der Waals surface area contributed by atoms with E-state index in [0.29, 0.717) is 10.0 Å². The maximum Gasteiger partial charge on any atom is 0.416 e. The van der Waals surface area contributed by atoms with Gasteiger partial charge >= 0.3 is 6.18 Å². The SMILES string of the molecule is CNCc1cn(S(=O)(=O)c2cccc(C(F)(F)F)c2)c(-c2cc(F)ccc2F)c1OC.Cl. The summed E-state index contributed by atoms with van der Waals surface area (Å²) in [6, 6.07) is 5.60. The Bertz CT molecular complexity index is 1230. The summed E-state index contributed by atoms with van der Waals surface area (Å²) in [6.45, 7) is 0.0955. The zero-order valence-corrected chi connectivity index (χ0v) is 18.3. The molecule has 0 unspecified atom stereocenters.